The molecule has 3 heteroatoms. The number of aliphatic carboxylic acids is 1. The van der Waals surface area contributed by atoms with Gasteiger partial charge in [-0.1, -0.05) is 32.6 Å². The van der Waals surface area contributed by atoms with E-state index in [4.69, 9.17) is 5.11 Å². The van der Waals surface area contributed by atoms with E-state index in [0.717, 1.165) is 12.8 Å². The third-order valence-corrected chi connectivity index (χ3v) is 1.49. The second-order valence-electron chi connectivity index (χ2n) is 2.56. The van der Waals surface area contributed by atoms with E-state index < -0.39 is 5.97 Å². The number of carboxylic acid groups (broad SMARTS) is 1. The van der Waals surface area contributed by atoms with E-state index in [2.05, 4.69) is 6.92 Å². The third-order valence-electron chi connectivity index (χ3n) is 1.49. The molecule has 68 valence electrons. The fourth-order valence-electron chi connectivity index (χ4n) is 0.880. The molecule has 0 unspecified atom stereocenters. The van der Waals surface area contributed by atoms with Crippen LogP contribution < -0.4 is 0 Å². The molecule has 0 saturated carbocycles. The van der Waals surface area contributed by atoms with Crippen LogP contribution in [0.1, 0.15) is 45.4 Å². The Morgan fingerprint density at radius 2 is 1.73 bits per heavy atom. The minimum Gasteiger partial charge on any atom is -0.481 e. The normalized spacial score (nSPS) is 8.82. The van der Waals surface area contributed by atoms with Gasteiger partial charge < -0.3 is 5.11 Å². The minimum absolute atomic E-state index is 0. The molecule has 0 radical (unpaired) electrons. The Hall–Kier alpha value is -0.0365. The van der Waals surface area contributed by atoms with Crippen molar-refractivity contribution in [2.24, 2.45) is 0 Å². The SMILES string of the molecule is CCCCCCCC(=O)O.[Ni+2]. The van der Waals surface area contributed by atoms with Gasteiger partial charge in [0.2, 0.25) is 0 Å². The molecular formula is C8H16NiO2+2. The summed E-state index contributed by atoms with van der Waals surface area (Å²) in [7, 11) is 0. The van der Waals surface area contributed by atoms with E-state index in [-0.39, 0.29) is 16.5 Å². The van der Waals surface area contributed by atoms with Gasteiger partial charge in [-0.15, -0.1) is 0 Å². The number of carboxylic acids is 1. The summed E-state index contributed by atoms with van der Waals surface area (Å²) in [6.07, 6.45) is 5.88. The van der Waals surface area contributed by atoms with Crippen LogP contribution in [0.2, 0.25) is 0 Å². The van der Waals surface area contributed by atoms with Crippen LogP contribution in [0.3, 0.4) is 0 Å². The second-order valence-corrected chi connectivity index (χ2v) is 2.56. The summed E-state index contributed by atoms with van der Waals surface area (Å²) in [4.78, 5) is 10.0. The van der Waals surface area contributed by atoms with Gasteiger partial charge in [0.25, 0.3) is 0 Å². The van der Waals surface area contributed by atoms with Crippen molar-refractivity contribution in [3.05, 3.63) is 0 Å². The van der Waals surface area contributed by atoms with Gasteiger partial charge >= 0.3 is 22.5 Å². The van der Waals surface area contributed by atoms with Crippen LogP contribution >= 0.6 is 0 Å². The van der Waals surface area contributed by atoms with Crippen molar-refractivity contribution in [2.75, 3.05) is 0 Å². The first-order chi connectivity index (χ1) is 4.77. The summed E-state index contributed by atoms with van der Waals surface area (Å²) in [6.45, 7) is 2.15. The maximum atomic E-state index is 10.0. The summed E-state index contributed by atoms with van der Waals surface area (Å²) >= 11 is 0. The molecule has 0 aliphatic rings. The molecule has 0 aromatic rings. The molecule has 0 amide bonds. The molecule has 0 rings (SSSR count). The van der Waals surface area contributed by atoms with Crippen LogP contribution in [0.4, 0.5) is 0 Å². The first kappa shape index (κ1) is 13.5. The molecule has 0 aromatic heterocycles. The van der Waals surface area contributed by atoms with Gasteiger partial charge in [0.05, 0.1) is 0 Å². The third kappa shape index (κ3) is 13.0. The van der Waals surface area contributed by atoms with Crippen molar-refractivity contribution in [3.63, 3.8) is 0 Å². The van der Waals surface area contributed by atoms with Crippen LogP contribution in [0.5, 0.6) is 0 Å². The molecule has 0 bridgehead atoms. The fourth-order valence-corrected chi connectivity index (χ4v) is 0.880. The number of hydrogen-bond donors (Lipinski definition) is 1. The van der Waals surface area contributed by atoms with Gasteiger partial charge in [0.15, 0.2) is 0 Å². The number of unbranched alkanes of at least 4 members (excludes halogenated alkanes) is 4. The average molecular weight is 203 g/mol. The summed E-state index contributed by atoms with van der Waals surface area (Å²) in [5, 5.41) is 8.27. The predicted octanol–water partition coefficient (Wildman–Crippen LogP) is 2.43. The van der Waals surface area contributed by atoms with Gasteiger partial charge in [-0.05, 0) is 6.42 Å². The van der Waals surface area contributed by atoms with E-state index in [1.54, 1.807) is 0 Å². The van der Waals surface area contributed by atoms with E-state index in [0.29, 0.717) is 6.42 Å². The van der Waals surface area contributed by atoms with Gasteiger partial charge in [0.1, 0.15) is 0 Å². The second kappa shape index (κ2) is 9.96. The Kier molecular flexibility index (Phi) is 12.3. The van der Waals surface area contributed by atoms with Crippen molar-refractivity contribution >= 4 is 5.97 Å². The molecule has 0 aliphatic carbocycles. The largest absolute Gasteiger partial charge is 2.00 e. The predicted molar refractivity (Wildman–Crippen MR) is 41.0 cm³/mol. The first-order valence-electron chi connectivity index (χ1n) is 3.99. The standard InChI is InChI=1S/C8H16O2.Ni/c1-2-3-4-5-6-7-8(9)10;/h2-7H2,1H3,(H,9,10);/q;+2. The Morgan fingerprint density at radius 1 is 1.18 bits per heavy atom. The maximum Gasteiger partial charge on any atom is 2.00 e. The minimum atomic E-state index is -0.670. The van der Waals surface area contributed by atoms with Crippen molar-refractivity contribution < 1.29 is 26.4 Å². The summed E-state index contributed by atoms with van der Waals surface area (Å²) < 4.78 is 0. The van der Waals surface area contributed by atoms with Gasteiger partial charge in [-0.3, -0.25) is 4.79 Å². The molecular weight excluding hydrogens is 187 g/mol. The number of hydrogen-bond acceptors (Lipinski definition) is 1. The van der Waals surface area contributed by atoms with E-state index in [9.17, 15) is 4.79 Å². The number of carbonyl (C=O) groups is 1. The van der Waals surface area contributed by atoms with Gasteiger partial charge in [-0.25, -0.2) is 0 Å². The van der Waals surface area contributed by atoms with Crippen LogP contribution in [-0.4, -0.2) is 11.1 Å². The van der Waals surface area contributed by atoms with Crippen molar-refractivity contribution in [1.29, 1.82) is 0 Å². The Morgan fingerprint density at radius 3 is 2.18 bits per heavy atom. The van der Waals surface area contributed by atoms with Crippen molar-refractivity contribution in [3.8, 4) is 0 Å². The average Bonchev–Trinajstić information content (AvgIpc) is 1.87. The van der Waals surface area contributed by atoms with Gasteiger partial charge in [0, 0.05) is 6.42 Å². The zero-order valence-corrected chi connectivity index (χ0v) is 7.90. The Bertz CT molecular complexity index is 94.1. The number of rotatable bonds is 6. The van der Waals surface area contributed by atoms with Crippen molar-refractivity contribution in [2.45, 2.75) is 45.4 Å². The summed E-state index contributed by atoms with van der Waals surface area (Å²) in [5.41, 5.74) is 0. The molecule has 2 nitrogen and oxygen atoms in total. The molecule has 0 saturated heterocycles. The first-order valence-corrected chi connectivity index (χ1v) is 3.99. The van der Waals surface area contributed by atoms with Crippen LogP contribution in [0.25, 0.3) is 0 Å². The van der Waals surface area contributed by atoms with Crippen LogP contribution in [-0.2, 0) is 21.3 Å². The maximum absolute atomic E-state index is 10.0. The molecule has 0 aliphatic heterocycles. The molecule has 0 heterocycles. The van der Waals surface area contributed by atoms with E-state index in [1.807, 2.05) is 0 Å². The molecule has 0 aromatic carbocycles. The zero-order valence-electron chi connectivity index (χ0n) is 6.91. The van der Waals surface area contributed by atoms with Crippen LogP contribution in [0.15, 0.2) is 0 Å². The summed E-state index contributed by atoms with van der Waals surface area (Å²) in [6, 6.07) is 0. The quantitative estimate of drug-likeness (QED) is 0.531. The van der Waals surface area contributed by atoms with E-state index >= 15 is 0 Å². The fraction of sp³-hybridized carbons (Fsp3) is 0.875. The van der Waals surface area contributed by atoms with Crippen molar-refractivity contribution in [1.82, 2.24) is 0 Å². The molecule has 0 atom stereocenters. The monoisotopic (exact) mass is 202 g/mol. The van der Waals surface area contributed by atoms with Crippen LogP contribution in [0, 0.1) is 0 Å². The molecule has 0 spiro atoms. The van der Waals surface area contributed by atoms with Gasteiger partial charge in [-0.2, -0.15) is 0 Å². The molecule has 11 heavy (non-hydrogen) atoms. The molecule has 0 fully saturated rings. The molecule has 1 N–H and O–H groups in total. The summed E-state index contributed by atoms with van der Waals surface area (Å²) in [5.74, 6) is -0.670. The smallest absolute Gasteiger partial charge is 0.481 e. The zero-order chi connectivity index (χ0) is 7.82. The Balaban J connectivity index is 0. The van der Waals surface area contributed by atoms with E-state index in [1.165, 1.54) is 19.3 Å². The topological polar surface area (TPSA) is 37.3 Å². The Labute approximate surface area is 78.3 Å².